The molecule has 1 aromatic carbocycles. The van der Waals surface area contributed by atoms with E-state index in [0.29, 0.717) is 10.5 Å². The molecule has 2 heterocycles. The van der Waals surface area contributed by atoms with Crippen molar-refractivity contribution in [1.29, 1.82) is 0 Å². The fraction of sp³-hybridized carbons (Fsp3) is 0.625. The zero-order valence-corrected chi connectivity index (χ0v) is 14.7. The minimum atomic E-state index is -0.203. The van der Waals surface area contributed by atoms with Gasteiger partial charge in [-0.05, 0) is 77.7 Å². The molecule has 116 valence electrons. The average molecular weight is 374 g/mol. The number of benzene rings is 1. The first-order chi connectivity index (χ1) is 10.1. The van der Waals surface area contributed by atoms with Crippen LogP contribution in [0.4, 0.5) is 10.1 Å². The summed E-state index contributed by atoms with van der Waals surface area (Å²) in [6.07, 6.45) is 4.38. The smallest absolute Gasteiger partial charge is 0.137 e. The Balaban J connectivity index is 1.71. The van der Waals surface area contributed by atoms with Gasteiger partial charge in [-0.2, -0.15) is 11.8 Å². The number of hydrogen-bond donors (Lipinski definition) is 1. The molecule has 0 aliphatic carbocycles. The van der Waals surface area contributed by atoms with Crippen molar-refractivity contribution in [3.05, 3.63) is 28.0 Å². The summed E-state index contributed by atoms with van der Waals surface area (Å²) in [6.45, 7) is 2.77. The van der Waals surface area contributed by atoms with Crippen LogP contribution in [0.3, 0.4) is 0 Å². The number of halogens is 2. The molecule has 0 amide bonds. The Morgan fingerprint density at radius 1 is 1.38 bits per heavy atom. The van der Waals surface area contributed by atoms with E-state index in [1.54, 1.807) is 6.07 Å². The standard InChI is InChI=1S/C16H21BrFNOS/c1-11-8-14(18)13(17)9-15(11)19-12-2-5-20-16(10-12)3-6-21-7-4-16/h8-9,12,19H,2-7,10H2,1H3. The Bertz CT molecular complexity index is 514. The summed E-state index contributed by atoms with van der Waals surface area (Å²) in [5.41, 5.74) is 2.05. The van der Waals surface area contributed by atoms with Crippen LogP contribution in [0.2, 0.25) is 0 Å². The van der Waals surface area contributed by atoms with Crippen LogP contribution in [0.5, 0.6) is 0 Å². The summed E-state index contributed by atoms with van der Waals surface area (Å²) in [4.78, 5) is 0. The fourth-order valence-corrected chi connectivity index (χ4v) is 4.84. The Morgan fingerprint density at radius 2 is 2.14 bits per heavy atom. The van der Waals surface area contributed by atoms with E-state index in [1.807, 2.05) is 24.8 Å². The Kier molecular flexibility index (Phi) is 4.81. The van der Waals surface area contributed by atoms with Gasteiger partial charge in [0.15, 0.2) is 0 Å². The molecule has 21 heavy (non-hydrogen) atoms. The lowest BCUT2D eigenvalue weighted by Gasteiger charge is -2.43. The topological polar surface area (TPSA) is 21.3 Å². The molecule has 0 bridgehead atoms. The summed E-state index contributed by atoms with van der Waals surface area (Å²) >= 11 is 5.30. The molecular formula is C16H21BrFNOS. The van der Waals surface area contributed by atoms with Crippen molar-refractivity contribution < 1.29 is 9.13 Å². The van der Waals surface area contributed by atoms with Crippen molar-refractivity contribution in [3.63, 3.8) is 0 Å². The van der Waals surface area contributed by atoms with Crippen LogP contribution in [0.15, 0.2) is 16.6 Å². The van der Waals surface area contributed by atoms with Crippen molar-refractivity contribution >= 4 is 33.4 Å². The minimum Gasteiger partial charge on any atom is -0.382 e. The molecule has 2 aliphatic heterocycles. The van der Waals surface area contributed by atoms with Crippen LogP contribution in [0, 0.1) is 12.7 Å². The van der Waals surface area contributed by atoms with Gasteiger partial charge in [0.25, 0.3) is 0 Å². The maximum absolute atomic E-state index is 13.5. The number of ether oxygens (including phenoxy) is 1. The molecule has 0 saturated carbocycles. The molecule has 1 atom stereocenters. The van der Waals surface area contributed by atoms with Gasteiger partial charge in [-0.25, -0.2) is 4.39 Å². The number of anilines is 1. The molecule has 1 N–H and O–H groups in total. The van der Waals surface area contributed by atoms with E-state index in [1.165, 1.54) is 11.5 Å². The minimum absolute atomic E-state index is 0.0757. The van der Waals surface area contributed by atoms with Crippen molar-refractivity contribution in [1.82, 2.24) is 0 Å². The Hall–Kier alpha value is -0.260. The highest BCUT2D eigenvalue weighted by atomic mass is 79.9. The van der Waals surface area contributed by atoms with Crippen molar-refractivity contribution in [2.45, 2.75) is 44.2 Å². The van der Waals surface area contributed by atoms with Gasteiger partial charge in [-0.1, -0.05) is 0 Å². The lowest BCUT2D eigenvalue weighted by Crippen LogP contribution is -2.46. The largest absolute Gasteiger partial charge is 0.382 e. The predicted octanol–water partition coefficient (Wildman–Crippen LogP) is 4.75. The number of nitrogens with one attached hydrogen (secondary N) is 1. The SMILES string of the molecule is Cc1cc(F)c(Br)cc1NC1CCOC2(CCSCC2)C1. The molecule has 1 unspecified atom stereocenters. The summed E-state index contributed by atoms with van der Waals surface area (Å²) in [5, 5.41) is 3.61. The molecular weight excluding hydrogens is 353 g/mol. The van der Waals surface area contributed by atoms with Gasteiger partial charge in [0.2, 0.25) is 0 Å². The summed E-state index contributed by atoms with van der Waals surface area (Å²) in [6, 6.07) is 3.85. The summed E-state index contributed by atoms with van der Waals surface area (Å²) in [5.74, 6) is 2.20. The fourth-order valence-electron chi connectivity index (χ4n) is 3.26. The maximum Gasteiger partial charge on any atom is 0.137 e. The second-order valence-corrected chi connectivity index (χ2v) is 8.14. The van der Waals surface area contributed by atoms with Crippen LogP contribution < -0.4 is 5.32 Å². The number of aryl methyl sites for hydroxylation is 1. The average Bonchev–Trinajstić information content (AvgIpc) is 2.46. The second-order valence-electron chi connectivity index (χ2n) is 6.06. The Labute approximate surface area is 138 Å². The van der Waals surface area contributed by atoms with Crippen LogP contribution in [-0.4, -0.2) is 29.8 Å². The van der Waals surface area contributed by atoms with E-state index in [9.17, 15) is 4.39 Å². The number of rotatable bonds is 2. The molecule has 1 aromatic rings. The third kappa shape index (κ3) is 3.57. The van der Waals surface area contributed by atoms with E-state index in [0.717, 1.165) is 43.5 Å². The Morgan fingerprint density at radius 3 is 2.90 bits per heavy atom. The van der Waals surface area contributed by atoms with E-state index >= 15 is 0 Å². The molecule has 2 aliphatic rings. The number of hydrogen-bond acceptors (Lipinski definition) is 3. The van der Waals surface area contributed by atoms with E-state index < -0.39 is 0 Å². The molecule has 0 aromatic heterocycles. The van der Waals surface area contributed by atoms with Crippen LogP contribution in [-0.2, 0) is 4.74 Å². The van der Waals surface area contributed by atoms with Crippen LogP contribution in [0.1, 0.15) is 31.2 Å². The first kappa shape index (κ1) is 15.6. The summed E-state index contributed by atoms with van der Waals surface area (Å²) in [7, 11) is 0. The van der Waals surface area contributed by atoms with Gasteiger partial charge in [-0.3, -0.25) is 0 Å². The highest BCUT2D eigenvalue weighted by Crippen LogP contribution is 2.38. The van der Waals surface area contributed by atoms with Gasteiger partial charge in [0.1, 0.15) is 5.82 Å². The lowest BCUT2D eigenvalue weighted by molar-refractivity contribution is -0.0865. The lowest BCUT2D eigenvalue weighted by atomic mass is 9.85. The van der Waals surface area contributed by atoms with Gasteiger partial charge in [-0.15, -0.1) is 0 Å². The quantitative estimate of drug-likeness (QED) is 0.807. The normalized spacial score (nSPS) is 25.0. The highest BCUT2D eigenvalue weighted by Gasteiger charge is 2.38. The van der Waals surface area contributed by atoms with E-state index in [2.05, 4.69) is 21.2 Å². The van der Waals surface area contributed by atoms with Gasteiger partial charge in [0, 0.05) is 18.3 Å². The molecule has 3 rings (SSSR count). The number of thioether (sulfide) groups is 1. The molecule has 5 heteroatoms. The van der Waals surface area contributed by atoms with Crippen molar-refractivity contribution in [2.24, 2.45) is 0 Å². The molecule has 2 nitrogen and oxygen atoms in total. The third-order valence-electron chi connectivity index (χ3n) is 4.52. The third-order valence-corrected chi connectivity index (χ3v) is 6.12. The first-order valence-electron chi connectivity index (χ1n) is 7.52. The summed E-state index contributed by atoms with van der Waals surface area (Å²) < 4.78 is 20.2. The van der Waals surface area contributed by atoms with E-state index in [-0.39, 0.29) is 11.4 Å². The second kappa shape index (κ2) is 6.47. The highest BCUT2D eigenvalue weighted by molar-refractivity contribution is 9.10. The van der Waals surface area contributed by atoms with Crippen molar-refractivity contribution in [2.75, 3.05) is 23.4 Å². The van der Waals surface area contributed by atoms with Crippen LogP contribution >= 0.6 is 27.7 Å². The van der Waals surface area contributed by atoms with Gasteiger partial charge >= 0.3 is 0 Å². The molecule has 1 spiro atoms. The first-order valence-corrected chi connectivity index (χ1v) is 9.47. The van der Waals surface area contributed by atoms with Crippen molar-refractivity contribution in [3.8, 4) is 0 Å². The maximum atomic E-state index is 13.5. The molecule has 0 radical (unpaired) electrons. The molecule has 2 saturated heterocycles. The zero-order valence-electron chi connectivity index (χ0n) is 12.3. The van der Waals surface area contributed by atoms with Gasteiger partial charge in [0.05, 0.1) is 10.1 Å². The van der Waals surface area contributed by atoms with E-state index in [4.69, 9.17) is 4.74 Å². The zero-order chi connectivity index (χ0) is 14.9. The predicted molar refractivity (Wildman–Crippen MR) is 90.7 cm³/mol. The monoisotopic (exact) mass is 373 g/mol. The van der Waals surface area contributed by atoms with Gasteiger partial charge < -0.3 is 10.1 Å². The molecule has 2 fully saturated rings. The van der Waals surface area contributed by atoms with Crippen LogP contribution in [0.25, 0.3) is 0 Å².